The van der Waals surface area contributed by atoms with E-state index in [1.54, 1.807) is 11.3 Å². The van der Waals surface area contributed by atoms with Crippen molar-refractivity contribution < 1.29 is 4.79 Å². The van der Waals surface area contributed by atoms with E-state index >= 15 is 0 Å². The van der Waals surface area contributed by atoms with Crippen molar-refractivity contribution in [3.8, 4) is 0 Å². The summed E-state index contributed by atoms with van der Waals surface area (Å²) in [4.78, 5) is 15.0. The lowest BCUT2D eigenvalue weighted by Gasteiger charge is -2.23. The zero-order chi connectivity index (χ0) is 10.8. The molecule has 1 saturated carbocycles. The van der Waals surface area contributed by atoms with E-state index in [-0.39, 0.29) is 5.91 Å². The van der Waals surface area contributed by atoms with Gasteiger partial charge in [-0.1, -0.05) is 12.8 Å². The summed E-state index contributed by atoms with van der Waals surface area (Å²) in [6.07, 6.45) is 4.88. The summed E-state index contributed by atoms with van der Waals surface area (Å²) in [5.74, 6) is 0.196. The van der Waals surface area contributed by atoms with E-state index in [4.69, 9.17) is 0 Å². The van der Waals surface area contributed by atoms with Crippen LogP contribution >= 0.6 is 33.9 Å². The maximum atomic E-state index is 12.1. The minimum atomic E-state index is 0.196. The Balaban J connectivity index is 2.10. The first kappa shape index (κ1) is 11.4. The third-order valence-corrected chi connectivity index (χ3v) is 5.17. The topological polar surface area (TPSA) is 20.3 Å². The molecule has 0 N–H and O–H groups in total. The summed E-state index contributed by atoms with van der Waals surface area (Å²) in [5, 5.41) is 1.98. The van der Waals surface area contributed by atoms with Gasteiger partial charge in [-0.25, -0.2) is 0 Å². The van der Waals surface area contributed by atoms with Crippen molar-refractivity contribution in [2.24, 2.45) is 0 Å². The maximum absolute atomic E-state index is 12.1. The van der Waals surface area contributed by atoms with E-state index in [2.05, 4.69) is 22.6 Å². The van der Waals surface area contributed by atoms with Crippen molar-refractivity contribution in [2.45, 2.75) is 31.7 Å². The molecule has 0 atom stereocenters. The van der Waals surface area contributed by atoms with E-state index in [0.717, 1.165) is 8.45 Å². The average Bonchev–Trinajstić information content (AvgIpc) is 2.85. The molecule has 0 radical (unpaired) electrons. The van der Waals surface area contributed by atoms with Crippen LogP contribution in [-0.4, -0.2) is 23.9 Å². The highest BCUT2D eigenvalue weighted by Gasteiger charge is 2.25. The Bertz CT molecular complexity index is 357. The van der Waals surface area contributed by atoms with E-state index in [1.165, 1.54) is 25.7 Å². The van der Waals surface area contributed by atoms with Crippen LogP contribution in [0, 0.1) is 3.57 Å². The minimum Gasteiger partial charge on any atom is -0.338 e. The second-order valence-electron chi connectivity index (χ2n) is 3.95. The van der Waals surface area contributed by atoms with Crippen molar-refractivity contribution in [3.63, 3.8) is 0 Å². The Morgan fingerprint density at radius 3 is 2.73 bits per heavy atom. The van der Waals surface area contributed by atoms with Crippen LogP contribution in [0.1, 0.15) is 35.4 Å². The standard InChI is InChI=1S/C11H14INOS/c1-13(8-4-2-3-5-8)11(14)10-9(12)6-7-15-10/h6-8H,2-5H2,1H3. The van der Waals surface area contributed by atoms with Gasteiger partial charge in [0.05, 0.1) is 0 Å². The lowest BCUT2D eigenvalue weighted by molar-refractivity contribution is 0.0739. The summed E-state index contributed by atoms with van der Waals surface area (Å²) >= 11 is 3.78. The summed E-state index contributed by atoms with van der Waals surface area (Å²) in [6, 6.07) is 2.47. The van der Waals surface area contributed by atoms with Crippen molar-refractivity contribution in [3.05, 3.63) is 19.9 Å². The Morgan fingerprint density at radius 1 is 1.53 bits per heavy atom. The first-order valence-corrected chi connectivity index (χ1v) is 7.16. The smallest absolute Gasteiger partial charge is 0.265 e. The number of hydrogen-bond acceptors (Lipinski definition) is 2. The van der Waals surface area contributed by atoms with Gasteiger partial charge in [-0.3, -0.25) is 4.79 Å². The van der Waals surface area contributed by atoms with Gasteiger partial charge in [-0.15, -0.1) is 11.3 Å². The molecular formula is C11H14INOS. The molecule has 82 valence electrons. The molecule has 1 aromatic heterocycles. The third kappa shape index (κ3) is 2.36. The fourth-order valence-corrected chi connectivity index (χ4v) is 3.87. The molecule has 1 amide bonds. The molecule has 1 heterocycles. The van der Waals surface area contributed by atoms with Gasteiger partial charge in [0.2, 0.25) is 0 Å². The zero-order valence-electron chi connectivity index (χ0n) is 8.70. The van der Waals surface area contributed by atoms with Crippen LogP contribution in [0.3, 0.4) is 0 Å². The molecule has 2 rings (SSSR count). The lowest BCUT2D eigenvalue weighted by atomic mass is 10.2. The fourth-order valence-electron chi connectivity index (χ4n) is 2.06. The van der Waals surface area contributed by atoms with Gasteiger partial charge < -0.3 is 4.90 Å². The predicted molar refractivity (Wildman–Crippen MR) is 71.4 cm³/mol. The molecule has 0 spiro atoms. The number of amides is 1. The molecule has 0 unspecified atom stereocenters. The van der Waals surface area contributed by atoms with Crippen LogP contribution in [0.25, 0.3) is 0 Å². The molecule has 2 nitrogen and oxygen atoms in total. The highest BCUT2D eigenvalue weighted by molar-refractivity contribution is 14.1. The van der Waals surface area contributed by atoms with Crippen LogP contribution in [0.4, 0.5) is 0 Å². The Morgan fingerprint density at radius 2 is 2.20 bits per heavy atom. The van der Waals surface area contributed by atoms with Gasteiger partial charge in [-0.05, 0) is 46.9 Å². The highest BCUT2D eigenvalue weighted by atomic mass is 127. The van der Waals surface area contributed by atoms with E-state index in [0.29, 0.717) is 6.04 Å². The number of nitrogens with zero attached hydrogens (tertiary/aromatic N) is 1. The number of rotatable bonds is 2. The first-order valence-electron chi connectivity index (χ1n) is 5.20. The summed E-state index contributed by atoms with van der Waals surface area (Å²) in [7, 11) is 1.94. The average molecular weight is 335 g/mol. The molecule has 0 aromatic carbocycles. The molecule has 1 aliphatic rings. The molecule has 1 fully saturated rings. The number of hydrogen-bond donors (Lipinski definition) is 0. The van der Waals surface area contributed by atoms with Crippen LogP contribution in [0.15, 0.2) is 11.4 Å². The molecule has 0 bridgehead atoms. The second kappa shape index (κ2) is 4.82. The monoisotopic (exact) mass is 335 g/mol. The quantitative estimate of drug-likeness (QED) is 0.759. The van der Waals surface area contributed by atoms with Crippen molar-refractivity contribution in [2.75, 3.05) is 7.05 Å². The number of carbonyl (C=O) groups is 1. The zero-order valence-corrected chi connectivity index (χ0v) is 11.7. The van der Waals surface area contributed by atoms with E-state index < -0.39 is 0 Å². The van der Waals surface area contributed by atoms with Crippen LogP contribution < -0.4 is 0 Å². The van der Waals surface area contributed by atoms with Crippen LogP contribution in [0.5, 0.6) is 0 Å². The first-order chi connectivity index (χ1) is 7.20. The Labute approximate surface area is 108 Å². The van der Waals surface area contributed by atoms with Gasteiger partial charge in [0.25, 0.3) is 5.91 Å². The molecular weight excluding hydrogens is 321 g/mol. The molecule has 1 aromatic rings. The van der Waals surface area contributed by atoms with Crippen molar-refractivity contribution in [1.29, 1.82) is 0 Å². The molecule has 1 aliphatic carbocycles. The molecule has 4 heteroatoms. The molecule has 15 heavy (non-hydrogen) atoms. The van der Waals surface area contributed by atoms with Gasteiger partial charge in [-0.2, -0.15) is 0 Å². The van der Waals surface area contributed by atoms with Gasteiger partial charge in [0.1, 0.15) is 4.88 Å². The van der Waals surface area contributed by atoms with Gasteiger partial charge in [0.15, 0.2) is 0 Å². The maximum Gasteiger partial charge on any atom is 0.265 e. The normalized spacial score (nSPS) is 16.9. The predicted octanol–water partition coefficient (Wildman–Crippen LogP) is 3.37. The largest absolute Gasteiger partial charge is 0.338 e. The molecule has 0 aliphatic heterocycles. The van der Waals surface area contributed by atoms with Gasteiger partial charge in [0, 0.05) is 16.7 Å². The summed E-state index contributed by atoms with van der Waals surface area (Å²) in [6.45, 7) is 0. The number of carbonyl (C=O) groups excluding carboxylic acids is 1. The second-order valence-corrected chi connectivity index (χ2v) is 6.03. The fraction of sp³-hybridized carbons (Fsp3) is 0.545. The summed E-state index contributed by atoms with van der Waals surface area (Å²) in [5.41, 5.74) is 0. The molecule has 0 saturated heterocycles. The van der Waals surface area contributed by atoms with Crippen LogP contribution in [-0.2, 0) is 0 Å². The lowest BCUT2D eigenvalue weighted by Crippen LogP contribution is -2.35. The van der Waals surface area contributed by atoms with Crippen molar-refractivity contribution >= 4 is 39.8 Å². The number of thiophene rings is 1. The summed E-state index contributed by atoms with van der Waals surface area (Å²) < 4.78 is 1.08. The number of halogens is 1. The highest BCUT2D eigenvalue weighted by Crippen LogP contribution is 2.26. The van der Waals surface area contributed by atoms with E-state index in [1.807, 2.05) is 23.4 Å². The Kier molecular flexibility index (Phi) is 3.66. The SMILES string of the molecule is CN(C(=O)c1sccc1I)C1CCCC1. The van der Waals surface area contributed by atoms with Crippen LogP contribution in [0.2, 0.25) is 0 Å². The minimum absolute atomic E-state index is 0.196. The van der Waals surface area contributed by atoms with Gasteiger partial charge >= 0.3 is 0 Å². The van der Waals surface area contributed by atoms with Crippen molar-refractivity contribution in [1.82, 2.24) is 4.90 Å². The third-order valence-electron chi connectivity index (χ3n) is 3.00. The van der Waals surface area contributed by atoms with E-state index in [9.17, 15) is 4.79 Å². The Hall–Kier alpha value is -0.100.